The van der Waals surface area contributed by atoms with Gasteiger partial charge in [0.25, 0.3) is 0 Å². The molecule has 2 aromatic carbocycles. The summed E-state index contributed by atoms with van der Waals surface area (Å²) >= 11 is 0. The van der Waals surface area contributed by atoms with E-state index in [0.29, 0.717) is 11.4 Å². The maximum Gasteiger partial charge on any atom is 0.246 e. The van der Waals surface area contributed by atoms with Gasteiger partial charge in [0.15, 0.2) is 0 Å². The molecule has 2 N–H and O–H groups in total. The Labute approximate surface area is 127 Å². The molecule has 0 heterocycles. The number of para-hydroxylation sites is 2. The second-order valence-electron chi connectivity index (χ2n) is 4.68. The number of amides is 1. The molecule has 0 aliphatic carbocycles. The maximum absolute atomic E-state index is 13.5. The van der Waals surface area contributed by atoms with Crippen molar-refractivity contribution in [3.63, 3.8) is 0 Å². The SMILES string of the molecule is COc1ccccc1N[C@H](C)C(=O)Nc1cc(F)ccc1F. The third kappa shape index (κ3) is 3.72. The van der Waals surface area contributed by atoms with Gasteiger partial charge in [-0.15, -0.1) is 0 Å². The molecule has 116 valence electrons. The van der Waals surface area contributed by atoms with Crippen LogP contribution in [0, 0.1) is 11.6 Å². The topological polar surface area (TPSA) is 50.4 Å². The molecular weight excluding hydrogens is 290 g/mol. The van der Waals surface area contributed by atoms with E-state index in [0.717, 1.165) is 18.2 Å². The van der Waals surface area contributed by atoms with E-state index in [4.69, 9.17) is 4.74 Å². The molecule has 0 unspecified atom stereocenters. The Morgan fingerprint density at radius 2 is 1.86 bits per heavy atom. The highest BCUT2D eigenvalue weighted by atomic mass is 19.1. The lowest BCUT2D eigenvalue weighted by Gasteiger charge is -2.17. The number of halogens is 2. The van der Waals surface area contributed by atoms with E-state index in [-0.39, 0.29) is 5.69 Å². The number of carbonyl (C=O) groups is 1. The Kier molecular flexibility index (Phi) is 4.93. The minimum atomic E-state index is -0.695. The Morgan fingerprint density at radius 3 is 2.59 bits per heavy atom. The van der Waals surface area contributed by atoms with Crippen LogP contribution in [0.2, 0.25) is 0 Å². The zero-order chi connectivity index (χ0) is 16.1. The van der Waals surface area contributed by atoms with Gasteiger partial charge in [0.2, 0.25) is 5.91 Å². The van der Waals surface area contributed by atoms with Gasteiger partial charge < -0.3 is 15.4 Å². The predicted molar refractivity (Wildman–Crippen MR) is 81.1 cm³/mol. The molecule has 2 aromatic rings. The fourth-order valence-corrected chi connectivity index (χ4v) is 1.90. The van der Waals surface area contributed by atoms with Gasteiger partial charge in [0, 0.05) is 6.07 Å². The van der Waals surface area contributed by atoms with Crippen molar-refractivity contribution in [2.75, 3.05) is 17.7 Å². The largest absolute Gasteiger partial charge is 0.495 e. The van der Waals surface area contributed by atoms with Gasteiger partial charge in [0.1, 0.15) is 23.4 Å². The van der Waals surface area contributed by atoms with Crippen molar-refractivity contribution in [1.82, 2.24) is 0 Å². The summed E-state index contributed by atoms with van der Waals surface area (Å²) in [5.41, 5.74) is 0.436. The van der Waals surface area contributed by atoms with Crippen molar-refractivity contribution in [1.29, 1.82) is 0 Å². The summed E-state index contributed by atoms with van der Waals surface area (Å²) in [6, 6.07) is 9.32. The van der Waals surface area contributed by atoms with Crippen LogP contribution < -0.4 is 15.4 Å². The van der Waals surface area contributed by atoms with Crippen molar-refractivity contribution >= 4 is 17.3 Å². The zero-order valence-electron chi connectivity index (χ0n) is 12.2. The van der Waals surface area contributed by atoms with E-state index in [9.17, 15) is 13.6 Å². The molecule has 2 rings (SSSR count). The Balaban J connectivity index is 2.07. The van der Waals surface area contributed by atoms with Crippen molar-refractivity contribution in [2.45, 2.75) is 13.0 Å². The van der Waals surface area contributed by atoms with E-state index >= 15 is 0 Å². The van der Waals surface area contributed by atoms with Gasteiger partial charge in [-0.25, -0.2) is 8.78 Å². The molecule has 0 spiro atoms. The monoisotopic (exact) mass is 306 g/mol. The average molecular weight is 306 g/mol. The maximum atomic E-state index is 13.5. The molecular formula is C16H16F2N2O2. The summed E-state index contributed by atoms with van der Waals surface area (Å²) in [7, 11) is 1.52. The van der Waals surface area contributed by atoms with Crippen molar-refractivity contribution in [3.05, 3.63) is 54.1 Å². The summed E-state index contributed by atoms with van der Waals surface area (Å²) in [5, 5.41) is 5.31. The fourth-order valence-electron chi connectivity index (χ4n) is 1.90. The quantitative estimate of drug-likeness (QED) is 0.890. The first-order valence-electron chi connectivity index (χ1n) is 6.66. The van der Waals surface area contributed by atoms with Crippen molar-refractivity contribution in [2.24, 2.45) is 0 Å². The molecule has 1 atom stereocenters. The van der Waals surface area contributed by atoms with Crippen LogP contribution in [-0.2, 0) is 4.79 Å². The van der Waals surface area contributed by atoms with Crippen LogP contribution >= 0.6 is 0 Å². The van der Waals surface area contributed by atoms with Crippen LogP contribution in [-0.4, -0.2) is 19.1 Å². The molecule has 1 amide bonds. The highest BCUT2D eigenvalue weighted by Gasteiger charge is 2.16. The molecule has 0 aliphatic heterocycles. The first-order chi connectivity index (χ1) is 10.5. The van der Waals surface area contributed by atoms with E-state index < -0.39 is 23.6 Å². The molecule has 0 aromatic heterocycles. The highest BCUT2D eigenvalue weighted by Crippen LogP contribution is 2.24. The molecule has 0 radical (unpaired) electrons. The van der Waals surface area contributed by atoms with Gasteiger partial charge in [-0.2, -0.15) is 0 Å². The van der Waals surface area contributed by atoms with Crippen LogP contribution in [0.3, 0.4) is 0 Å². The number of hydrogen-bond acceptors (Lipinski definition) is 3. The summed E-state index contributed by atoms with van der Waals surface area (Å²) in [6.07, 6.45) is 0. The summed E-state index contributed by atoms with van der Waals surface area (Å²) in [5.74, 6) is -1.23. The van der Waals surface area contributed by atoms with Gasteiger partial charge >= 0.3 is 0 Å². The molecule has 0 bridgehead atoms. The number of benzene rings is 2. The number of anilines is 2. The van der Waals surface area contributed by atoms with Crippen LogP contribution in [0.1, 0.15) is 6.92 Å². The Hall–Kier alpha value is -2.63. The summed E-state index contributed by atoms with van der Waals surface area (Å²) < 4.78 is 31.8. The average Bonchev–Trinajstić information content (AvgIpc) is 2.51. The molecule has 0 saturated heterocycles. The fraction of sp³-hybridized carbons (Fsp3) is 0.188. The molecule has 0 aliphatic rings. The number of hydrogen-bond donors (Lipinski definition) is 2. The lowest BCUT2D eigenvalue weighted by molar-refractivity contribution is -0.116. The number of rotatable bonds is 5. The first-order valence-corrected chi connectivity index (χ1v) is 6.66. The summed E-state index contributed by atoms with van der Waals surface area (Å²) in [4.78, 5) is 12.1. The van der Waals surface area contributed by atoms with E-state index in [1.165, 1.54) is 7.11 Å². The molecule has 0 fully saturated rings. The minimum absolute atomic E-state index is 0.196. The molecule has 6 heteroatoms. The normalized spacial score (nSPS) is 11.6. The van der Waals surface area contributed by atoms with Crippen LogP contribution in [0.25, 0.3) is 0 Å². The number of methoxy groups -OCH3 is 1. The molecule has 0 saturated carbocycles. The van der Waals surface area contributed by atoms with Gasteiger partial charge in [-0.1, -0.05) is 12.1 Å². The smallest absolute Gasteiger partial charge is 0.246 e. The predicted octanol–water partition coefficient (Wildman–Crippen LogP) is 3.41. The van der Waals surface area contributed by atoms with Gasteiger partial charge in [0.05, 0.1) is 18.5 Å². The minimum Gasteiger partial charge on any atom is -0.495 e. The van der Waals surface area contributed by atoms with Crippen molar-refractivity contribution < 1.29 is 18.3 Å². The number of ether oxygens (including phenoxy) is 1. The number of nitrogens with one attached hydrogen (secondary N) is 2. The van der Waals surface area contributed by atoms with Crippen LogP contribution in [0.4, 0.5) is 20.2 Å². The van der Waals surface area contributed by atoms with Crippen molar-refractivity contribution in [3.8, 4) is 5.75 Å². The lowest BCUT2D eigenvalue weighted by Crippen LogP contribution is -2.32. The standard InChI is InChI=1S/C16H16F2N2O2/c1-10(19-13-5-3-4-6-15(13)22-2)16(21)20-14-9-11(17)7-8-12(14)18/h3-10,19H,1-2H3,(H,20,21)/t10-/m1/s1. The number of carbonyl (C=O) groups excluding carboxylic acids is 1. The summed E-state index contributed by atoms with van der Waals surface area (Å²) in [6.45, 7) is 1.61. The second kappa shape index (κ2) is 6.89. The Bertz CT molecular complexity index is 677. The molecule has 4 nitrogen and oxygen atoms in total. The lowest BCUT2D eigenvalue weighted by atomic mass is 10.2. The Morgan fingerprint density at radius 1 is 1.14 bits per heavy atom. The first kappa shape index (κ1) is 15.8. The van der Waals surface area contributed by atoms with Gasteiger partial charge in [-0.3, -0.25) is 4.79 Å². The third-order valence-electron chi connectivity index (χ3n) is 3.06. The van der Waals surface area contributed by atoms with Crippen LogP contribution in [0.5, 0.6) is 5.75 Å². The van der Waals surface area contributed by atoms with E-state index in [1.807, 2.05) is 0 Å². The highest BCUT2D eigenvalue weighted by molar-refractivity contribution is 5.96. The second-order valence-corrected chi connectivity index (χ2v) is 4.68. The van der Waals surface area contributed by atoms with Crippen LogP contribution in [0.15, 0.2) is 42.5 Å². The zero-order valence-corrected chi connectivity index (χ0v) is 12.2. The van der Waals surface area contributed by atoms with E-state index in [2.05, 4.69) is 10.6 Å². The van der Waals surface area contributed by atoms with Gasteiger partial charge in [-0.05, 0) is 31.2 Å². The van der Waals surface area contributed by atoms with E-state index in [1.54, 1.807) is 31.2 Å². The third-order valence-corrected chi connectivity index (χ3v) is 3.06. The molecule has 22 heavy (non-hydrogen) atoms.